The SMILES string of the molecule is CCCNC(CO)CCOCC(C)C. The van der Waals surface area contributed by atoms with Crippen LogP contribution in [0, 0.1) is 5.92 Å². The summed E-state index contributed by atoms with van der Waals surface area (Å²) in [7, 11) is 0. The Hall–Kier alpha value is -0.120. The van der Waals surface area contributed by atoms with Gasteiger partial charge in [0.05, 0.1) is 6.61 Å². The first kappa shape index (κ1) is 13.9. The molecule has 0 saturated carbocycles. The maximum absolute atomic E-state index is 9.04. The van der Waals surface area contributed by atoms with Gasteiger partial charge in [-0.3, -0.25) is 0 Å². The van der Waals surface area contributed by atoms with Crippen molar-refractivity contribution in [2.45, 2.75) is 39.7 Å². The van der Waals surface area contributed by atoms with Crippen LogP contribution in [-0.2, 0) is 4.74 Å². The molecule has 0 aliphatic heterocycles. The molecule has 14 heavy (non-hydrogen) atoms. The Morgan fingerprint density at radius 2 is 2.07 bits per heavy atom. The number of nitrogens with one attached hydrogen (secondary N) is 1. The van der Waals surface area contributed by atoms with Crippen LogP contribution in [0.3, 0.4) is 0 Å². The van der Waals surface area contributed by atoms with Gasteiger partial charge in [-0.1, -0.05) is 20.8 Å². The summed E-state index contributed by atoms with van der Waals surface area (Å²) >= 11 is 0. The van der Waals surface area contributed by atoms with Crippen molar-refractivity contribution in [3.8, 4) is 0 Å². The first-order valence-electron chi connectivity index (χ1n) is 5.62. The van der Waals surface area contributed by atoms with E-state index in [1.54, 1.807) is 0 Å². The van der Waals surface area contributed by atoms with E-state index in [2.05, 4.69) is 26.1 Å². The van der Waals surface area contributed by atoms with Crippen LogP contribution in [0.2, 0.25) is 0 Å². The lowest BCUT2D eigenvalue weighted by molar-refractivity contribution is 0.0941. The second kappa shape index (κ2) is 9.44. The van der Waals surface area contributed by atoms with Crippen molar-refractivity contribution in [1.82, 2.24) is 5.32 Å². The van der Waals surface area contributed by atoms with E-state index in [4.69, 9.17) is 9.84 Å². The number of rotatable bonds is 9. The smallest absolute Gasteiger partial charge is 0.0585 e. The zero-order valence-electron chi connectivity index (χ0n) is 9.75. The second-order valence-corrected chi connectivity index (χ2v) is 4.09. The van der Waals surface area contributed by atoms with E-state index in [1.165, 1.54) is 0 Å². The molecule has 0 aromatic carbocycles. The van der Waals surface area contributed by atoms with Crippen molar-refractivity contribution in [3.05, 3.63) is 0 Å². The van der Waals surface area contributed by atoms with Crippen LogP contribution in [0.15, 0.2) is 0 Å². The van der Waals surface area contributed by atoms with Gasteiger partial charge < -0.3 is 15.2 Å². The van der Waals surface area contributed by atoms with Gasteiger partial charge in [0.1, 0.15) is 0 Å². The molecule has 0 aliphatic carbocycles. The molecule has 3 heteroatoms. The summed E-state index contributed by atoms with van der Waals surface area (Å²) in [6.45, 7) is 9.11. The van der Waals surface area contributed by atoms with Gasteiger partial charge in [0, 0.05) is 19.3 Å². The standard InChI is InChI=1S/C11H25NO2/c1-4-6-12-11(8-13)5-7-14-9-10(2)3/h10-13H,4-9H2,1-3H3. The van der Waals surface area contributed by atoms with Gasteiger partial charge in [-0.2, -0.15) is 0 Å². The Balaban J connectivity index is 3.33. The monoisotopic (exact) mass is 203 g/mol. The maximum Gasteiger partial charge on any atom is 0.0585 e. The highest BCUT2D eigenvalue weighted by Crippen LogP contribution is 1.96. The zero-order chi connectivity index (χ0) is 10.8. The van der Waals surface area contributed by atoms with Crippen molar-refractivity contribution in [1.29, 1.82) is 0 Å². The van der Waals surface area contributed by atoms with Crippen LogP contribution < -0.4 is 5.32 Å². The number of aliphatic hydroxyl groups is 1. The molecule has 0 aliphatic rings. The number of aliphatic hydroxyl groups excluding tert-OH is 1. The lowest BCUT2D eigenvalue weighted by Gasteiger charge is -2.16. The van der Waals surface area contributed by atoms with Crippen molar-refractivity contribution in [3.63, 3.8) is 0 Å². The second-order valence-electron chi connectivity index (χ2n) is 4.09. The summed E-state index contributed by atoms with van der Waals surface area (Å²) in [5.41, 5.74) is 0. The first-order chi connectivity index (χ1) is 6.70. The molecule has 0 saturated heterocycles. The molecule has 0 bridgehead atoms. The van der Waals surface area contributed by atoms with Gasteiger partial charge >= 0.3 is 0 Å². The molecule has 0 spiro atoms. The van der Waals surface area contributed by atoms with E-state index in [-0.39, 0.29) is 12.6 Å². The fourth-order valence-corrected chi connectivity index (χ4v) is 1.15. The van der Waals surface area contributed by atoms with E-state index in [0.717, 1.165) is 32.6 Å². The van der Waals surface area contributed by atoms with Gasteiger partial charge in [-0.25, -0.2) is 0 Å². The highest BCUT2D eigenvalue weighted by molar-refractivity contribution is 4.64. The van der Waals surface area contributed by atoms with Crippen molar-refractivity contribution < 1.29 is 9.84 Å². The summed E-state index contributed by atoms with van der Waals surface area (Å²) in [6, 6.07) is 0.196. The molecule has 1 atom stereocenters. The number of hydrogen-bond acceptors (Lipinski definition) is 3. The number of hydrogen-bond donors (Lipinski definition) is 2. The molecule has 3 nitrogen and oxygen atoms in total. The summed E-state index contributed by atoms with van der Waals surface area (Å²) in [6.07, 6.45) is 1.99. The minimum Gasteiger partial charge on any atom is -0.395 e. The van der Waals surface area contributed by atoms with Crippen molar-refractivity contribution in [2.24, 2.45) is 5.92 Å². The Morgan fingerprint density at radius 1 is 1.36 bits per heavy atom. The third-order valence-electron chi connectivity index (χ3n) is 1.97. The molecule has 0 radical (unpaired) electrons. The highest BCUT2D eigenvalue weighted by Gasteiger charge is 2.05. The molecular formula is C11H25NO2. The Kier molecular flexibility index (Phi) is 9.35. The van der Waals surface area contributed by atoms with Gasteiger partial charge in [0.2, 0.25) is 0 Å². The average molecular weight is 203 g/mol. The quantitative estimate of drug-likeness (QED) is 0.557. The van der Waals surface area contributed by atoms with E-state index < -0.39 is 0 Å². The van der Waals surface area contributed by atoms with Crippen molar-refractivity contribution >= 4 is 0 Å². The Morgan fingerprint density at radius 3 is 2.57 bits per heavy atom. The fraction of sp³-hybridized carbons (Fsp3) is 1.00. The van der Waals surface area contributed by atoms with E-state index in [1.807, 2.05) is 0 Å². The zero-order valence-corrected chi connectivity index (χ0v) is 9.75. The largest absolute Gasteiger partial charge is 0.395 e. The third kappa shape index (κ3) is 8.48. The molecule has 0 rings (SSSR count). The predicted octanol–water partition coefficient (Wildman–Crippen LogP) is 1.41. The fourth-order valence-electron chi connectivity index (χ4n) is 1.15. The molecular weight excluding hydrogens is 178 g/mol. The predicted molar refractivity (Wildman–Crippen MR) is 59.4 cm³/mol. The minimum atomic E-state index is 0.196. The normalized spacial score (nSPS) is 13.5. The van der Waals surface area contributed by atoms with Crippen LogP contribution in [0.1, 0.15) is 33.6 Å². The third-order valence-corrected chi connectivity index (χ3v) is 1.97. The summed E-state index contributed by atoms with van der Waals surface area (Å²) in [5.74, 6) is 0.589. The molecule has 0 heterocycles. The molecule has 1 unspecified atom stereocenters. The number of ether oxygens (including phenoxy) is 1. The lowest BCUT2D eigenvalue weighted by Crippen LogP contribution is -2.34. The van der Waals surface area contributed by atoms with Crippen LogP contribution in [0.5, 0.6) is 0 Å². The summed E-state index contributed by atoms with van der Waals surface area (Å²) in [4.78, 5) is 0. The minimum absolute atomic E-state index is 0.196. The lowest BCUT2D eigenvalue weighted by atomic mass is 10.2. The summed E-state index contributed by atoms with van der Waals surface area (Å²) in [5, 5.41) is 12.3. The summed E-state index contributed by atoms with van der Waals surface area (Å²) < 4.78 is 5.46. The molecule has 0 amide bonds. The molecule has 2 N–H and O–H groups in total. The van der Waals surface area contributed by atoms with Gasteiger partial charge in [0.15, 0.2) is 0 Å². The van der Waals surface area contributed by atoms with E-state index in [9.17, 15) is 0 Å². The van der Waals surface area contributed by atoms with Crippen LogP contribution in [0.4, 0.5) is 0 Å². The first-order valence-corrected chi connectivity index (χ1v) is 5.62. The Bertz CT molecular complexity index is 118. The van der Waals surface area contributed by atoms with Crippen LogP contribution in [0.25, 0.3) is 0 Å². The van der Waals surface area contributed by atoms with E-state index >= 15 is 0 Å². The van der Waals surface area contributed by atoms with Gasteiger partial charge in [-0.05, 0) is 25.3 Å². The maximum atomic E-state index is 9.04. The topological polar surface area (TPSA) is 41.5 Å². The molecule has 0 aromatic rings. The van der Waals surface area contributed by atoms with Gasteiger partial charge in [0.25, 0.3) is 0 Å². The average Bonchev–Trinajstić information content (AvgIpc) is 2.16. The van der Waals surface area contributed by atoms with Gasteiger partial charge in [-0.15, -0.1) is 0 Å². The highest BCUT2D eigenvalue weighted by atomic mass is 16.5. The van der Waals surface area contributed by atoms with Crippen LogP contribution in [-0.4, -0.2) is 37.5 Å². The molecule has 86 valence electrons. The van der Waals surface area contributed by atoms with Crippen molar-refractivity contribution in [2.75, 3.05) is 26.4 Å². The molecule has 0 aromatic heterocycles. The molecule has 0 fully saturated rings. The van der Waals surface area contributed by atoms with E-state index in [0.29, 0.717) is 5.92 Å². The Labute approximate surface area is 87.8 Å². The van der Waals surface area contributed by atoms with Crippen LogP contribution >= 0.6 is 0 Å².